The van der Waals surface area contributed by atoms with Crippen molar-refractivity contribution in [2.24, 2.45) is 5.92 Å². The fourth-order valence-electron chi connectivity index (χ4n) is 1.97. The Balaban J connectivity index is 2.24. The minimum absolute atomic E-state index is 0.353. The normalized spacial score (nSPS) is 27.5. The second-order valence-corrected chi connectivity index (χ2v) is 3.75. The molecule has 4 nitrogen and oxygen atoms in total. The molecular weight excluding hydrogens is 180 g/mol. The summed E-state index contributed by atoms with van der Waals surface area (Å²) in [6.45, 7) is 3.67. The Kier molecular flexibility index (Phi) is 2.63. The number of ether oxygens (including phenoxy) is 1. The van der Waals surface area contributed by atoms with Crippen molar-refractivity contribution in [2.45, 2.75) is 19.4 Å². The highest BCUT2D eigenvalue weighted by molar-refractivity contribution is 5.71. The van der Waals surface area contributed by atoms with Gasteiger partial charge in [-0.15, -0.1) is 0 Å². The highest BCUT2D eigenvalue weighted by Crippen LogP contribution is 2.27. The van der Waals surface area contributed by atoms with Gasteiger partial charge in [0.15, 0.2) is 6.29 Å². The van der Waals surface area contributed by atoms with Crippen LogP contribution in [-0.4, -0.2) is 29.1 Å². The standard InChI is InChI=1S/C10H14N2O2/c1-8-6-14-3-2-10(8)12-7-11-4-9(12)5-13/h4-5,7-8,10H,2-3,6H2,1H3. The van der Waals surface area contributed by atoms with E-state index in [1.54, 1.807) is 12.5 Å². The number of rotatable bonds is 2. The van der Waals surface area contributed by atoms with E-state index in [0.717, 1.165) is 25.9 Å². The van der Waals surface area contributed by atoms with Crippen LogP contribution >= 0.6 is 0 Å². The van der Waals surface area contributed by atoms with Crippen LogP contribution in [0, 0.1) is 5.92 Å². The first-order valence-electron chi connectivity index (χ1n) is 4.87. The van der Waals surface area contributed by atoms with Gasteiger partial charge < -0.3 is 9.30 Å². The Morgan fingerprint density at radius 3 is 3.29 bits per heavy atom. The molecule has 0 aromatic carbocycles. The van der Waals surface area contributed by atoms with Gasteiger partial charge >= 0.3 is 0 Å². The number of hydrogen-bond donors (Lipinski definition) is 0. The summed E-state index contributed by atoms with van der Waals surface area (Å²) < 4.78 is 7.32. The molecule has 14 heavy (non-hydrogen) atoms. The number of imidazole rings is 1. The first-order chi connectivity index (χ1) is 6.83. The SMILES string of the molecule is CC1COCCC1n1cncc1C=O. The van der Waals surface area contributed by atoms with Crippen LogP contribution in [0.15, 0.2) is 12.5 Å². The van der Waals surface area contributed by atoms with Crippen molar-refractivity contribution in [3.8, 4) is 0 Å². The van der Waals surface area contributed by atoms with E-state index in [1.165, 1.54) is 0 Å². The molecule has 0 bridgehead atoms. The molecule has 0 spiro atoms. The third-order valence-electron chi connectivity index (χ3n) is 2.77. The Hall–Kier alpha value is -1.16. The Morgan fingerprint density at radius 2 is 2.57 bits per heavy atom. The highest BCUT2D eigenvalue weighted by Gasteiger charge is 2.24. The van der Waals surface area contributed by atoms with Gasteiger partial charge in [-0.1, -0.05) is 6.92 Å². The van der Waals surface area contributed by atoms with Crippen LogP contribution in [0.3, 0.4) is 0 Å². The maximum absolute atomic E-state index is 10.7. The number of carbonyl (C=O) groups is 1. The minimum Gasteiger partial charge on any atom is -0.381 e. The van der Waals surface area contributed by atoms with Crippen molar-refractivity contribution in [1.29, 1.82) is 0 Å². The van der Waals surface area contributed by atoms with E-state index in [9.17, 15) is 4.79 Å². The van der Waals surface area contributed by atoms with Gasteiger partial charge in [0.05, 0.1) is 19.1 Å². The zero-order valence-electron chi connectivity index (χ0n) is 8.22. The van der Waals surface area contributed by atoms with Gasteiger partial charge in [-0.2, -0.15) is 0 Å². The Labute approximate surface area is 82.9 Å². The monoisotopic (exact) mass is 194 g/mol. The van der Waals surface area contributed by atoms with E-state index >= 15 is 0 Å². The molecule has 2 atom stereocenters. The second kappa shape index (κ2) is 3.92. The molecule has 2 rings (SSSR count). The van der Waals surface area contributed by atoms with Crippen LogP contribution in [0.2, 0.25) is 0 Å². The lowest BCUT2D eigenvalue weighted by Crippen LogP contribution is -2.28. The molecule has 0 amide bonds. The van der Waals surface area contributed by atoms with Crippen LogP contribution in [-0.2, 0) is 4.74 Å². The maximum atomic E-state index is 10.7. The topological polar surface area (TPSA) is 44.1 Å². The number of hydrogen-bond acceptors (Lipinski definition) is 3. The van der Waals surface area contributed by atoms with Crippen molar-refractivity contribution < 1.29 is 9.53 Å². The summed E-state index contributed by atoms with van der Waals surface area (Å²) in [6, 6.07) is 0.353. The largest absolute Gasteiger partial charge is 0.381 e. The molecule has 1 aromatic rings. The van der Waals surface area contributed by atoms with Crippen molar-refractivity contribution in [1.82, 2.24) is 9.55 Å². The Morgan fingerprint density at radius 1 is 1.71 bits per heavy atom. The van der Waals surface area contributed by atoms with Gasteiger partial charge in [0.1, 0.15) is 5.69 Å². The van der Waals surface area contributed by atoms with Crippen LogP contribution < -0.4 is 0 Å². The zero-order chi connectivity index (χ0) is 9.97. The quantitative estimate of drug-likeness (QED) is 0.666. The Bertz CT molecular complexity index is 322. The second-order valence-electron chi connectivity index (χ2n) is 3.75. The summed E-state index contributed by atoms with van der Waals surface area (Å²) >= 11 is 0. The molecule has 1 saturated heterocycles. The average molecular weight is 194 g/mol. The van der Waals surface area contributed by atoms with Crippen molar-refractivity contribution in [3.63, 3.8) is 0 Å². The third-order valence-corrected chi connectivity index (χ3v) is 2.77. The summed E-state index contributed by atoms with van der Waals surface area (Å²) in [7, 11) is 0. The van der Waals surface area contributed by atoms with E-state index < -0.39 is 0 Å². The molecule has 2 unspecified atom stereocenters. The lowest BCUT2D eigenvalue weighted by atomic mass is 9.97. The molecule has 2 heterocycles. The lowest BCUT2D eigenvalue weighted by Gasteiger charge is -2.30. The van der Waals surface area contributed by atoms with Crippen LogP contribution in [0.4, 0.5) is 0 Å². The first kappa shape index (κ1) is 9.40. The molecular formula is C10H14N2O2. The number of aromatic nitrogens is 2. The fraction of sp³-hybridized carbons (Fsp3) is 0.600. The molecule has 0 saturated carbocycles. The van der Waals surface area contributed by atoms with Gasteiger partial charge in [0.25, 0.3) is 0 Å². The number of carbonyl (C=O) groups excluding carboxylic acids is 1. The van der Waals surface area contributed by atoms with Crippen LogP contribution in [0.25, 0.3) is 0 Å². The van der Waals surface area contributed by atoms with E-state index in [2.05, 4.69) is 11.9 Å². The molecule has 76 valence electrons. The van der Waals surface area contributed by atoms with E-state index in [1.807, 2.05) is 4.57 Å². The van der Waals surface area contributed by atoms with Crippen molar-refractivity contribution in [3.05, 3.63) is 18.2 Å². The predicted molar refractivity (Wildman–Crippen MR) is 51.3 cm³/mol. The van der Waals surface area contributed by atoms with Gasteiger partial charge in [-0.25, -0.2) is 4.98 Å². The maximum Gasteiger partial charge on any atom is 0.168 e. The predicted octanol–water partition coefficient (Wildman–Crippen LogP) is 1.29. The molecule has 1 fully saturated rings. The summed E-state index contributed by atoms with van der Waals surface area (Å²) in [4.78, 5) is 14.7. The molecule has 4 heteroatoms. The highest BCUT2D eigenvalue weighted by atomic mass is 16.5. The first-order valence-corrected chi connectivity index (χ1v) is 4.87. The van der Waals surface area contributed by atoms with E-state index in [4.69, 9.17) is 4.74 Å². The fourth-order valence-corrected chi connectivity index (χ4v) is 1.97. The molecule has 0 N–H and O–H groups in total. The smallest absolute Gasteiger partial charge is 0.168 e. The van der Waals surface area contributed by atoms with E-state index in [0.29, 0.717) is 17.7 Å². The third kappa shape index (κ3) is 1.57. The van der Waals surface area contributed by atoms with Crippen molar-refractivity contribution >= 4 is 6.29 Å². The van der Waals surface area contributed by atoms with Crippen LogP contribution in [0.5, 0.6) is 0 Å². The van der Waals surface area contributed by atoms with Crippen molar-refractivity contribution in [2.75, 3.05) is 13.2 Å². The van der Waals surface area contributed by atoms with Gasteiger partial charge in [-0.05, 0) is 6.42 Å². The number of aldehydes is 1. The minimum atomic E-state index is 0.353. The van der Waals surface area contributed by atoms with Gasteiger partial charge in [0.2, 0.25) is 0 Å². The van der Waals surface area contributed by atoms with Gasteiger partial charge in [0, 0.05) is 18.6 Å². The summed E-state index contributed by atoms with van der Waals surface area (Å²) in [5, 5.41) is 0. The number of nitrogens with zero attached hydrogens (tertiary/aromatic N) is 2. The van der Waals surface area contributed by atoms with E-state index in [-0.39, 0.29) is 0 Å². The lowest BCUT2D eigenvalue weighted by molar-refractivity contribution is 0.0281. The molecule has 0 radical (unpaired) electrons. The average Bonchev–Trinajstić information content (AvgIpc) is 2.66. The van der Waals surface area contributed by atoms with Gasteiger partial charge in [-0.3, -0.25) is 4.79 Å². The molecule has 1 aromatic heterocycles. The molecule has 1 aliphatic heterocycles. The summed E-state index contributed by atoms with van der Waals surface area (Å²) in [6.07, 6.45) is 5.15. The zero-order valence-corrected chi connectivity index (χ0v) is 8.22. The summed E-state index contributed by atoms with van der Waals surface area (Å²) in [5.74, 6) is 0.441. The van der Waals surface area contributed by atoms with Crippen LogP contribution in [0.1, 0.15) is 29.9 Å². The summed E-state index contributed by atoms with van der Waals surface area (Å²) in [5.41, 5.74) is 0.656. The molecule has 0 aliphatic carbocycles. The molecule has 1 aliphatic rings.